The van der Waals surface area contributed by atoms with Crippen molar-refractivity contribution in [3.63, 3.8) is 0 Å². The number of rotatable bonds is 6. The van der Waals surface area contributed by atoms with Crippen LogP contribution in [0.2, 0.25) is 0 Å². The summed E-state index contributed by atoms with van der Waals surface area (Å²) in [7, 11) is 0. The van der Waals surface area contributed by atoms with Crippen LogP contribution in [0.5, 0.6) is 11.5 Å². The Kier molecular flexibility index (Phi) is 5.41. The molecule has 26 heavy (non-hydrogen) atoms. The van der Waals surface area contributed by atoms with E-state index in [9.17, 15) is 14.7 Å². The van der Waals surface area contributed by atoms with Gasteiger partial charge in [0.25, 0.3) is 5.91 Å². The number of hydrogen-bond acceptors (Lipinski definition) is 6. The Hall–Kier alpha value is -2.61. The Morgan fingerprint density at radius 1 is 1.27 bits per heavy atom. The Morgan fingerprint density at radius 2 is 2.00 bits per heavy atom. The summed E-state index contributed by atoms with van der Waals surface area (Å²) in [5.41, 5.74) is 1.02. The zero-order valence-corrected chi connectivity index (χ0v) is 15.3. The van der Waals surface area contributed by atoms with Crippen molar-refractivity contribution in [1.82, 2.24) is 10.3 Å². The van der Waals surface area contributed by atoms with Gasteiger partial charge in [-0.1, -0.05) is 13.8 Å². The number of hydrogen-bond donors (Lipinski definition) is 2. The van der Waals surface area contributed by atoms with Crippen molar-refractivity contribution in [2.75, 3.05) is 13.2 Å². The van der Waals surface area contributed by atoms with Gasteiger partial charge in [-0.2, -0.15) is 0 Å². The highest BCUT2D eigenvalue weighted by atomic mass is 32.1. The molecule has 2 N–H and O–H groups in total. The molecule has 0 fully saturated rings. The Labute approximate surface area is 155 Å². The number of carboxylic acid groups (broad SMARTS) is 1. The molecule has 1 aliphatic rings. The second-order valence-electron chi connectivity index (χ2n) is 6.39. The molecule has 0 spiro atoms. The molecular formula is C18H20N2O5S. The van der Waals surface area contributed by atoms with Gasteiger partial charge in [0, 0.05) is 10.9 Å². The van der Waals surface area contributed by atoms with Crippen LogP contribution < -0.4 is 14.8 Å². The van der Waals surface area contributed by atoms with E-state index in [0.717, 1.165) is 5.56 Å². The smallest absolute Gasteiger partial charge is 0.326 e. The molecule has 2 heterocycles. The van der Waals surface area contributed by atoms with E-state index in [4.69, 9.17) is 9.47 Å². The number of carbonyl (C=O) groups is 2. The number of aromatic nitrogens is 1. The van der Waals surface area contributed by atoms with E-state index in [0.29, 0.717) is 36.1 Å². The van der Waals surface area contributed by atoms with Crippen LogP contribution in [0, 0.1) is 5.92 Å². The summed E-state index contributed by atoms with van der Waals surface area (Å²) >= 11 is 1.32. The Morgan fingerprint density at radius 3 is 2.69 bits per heavy atom. The summed E-state index contributed by atoms with van der Waals surface area (Å²) in [5, 5.41) is 14.1. The maximum absolute atomic E-state index is 12.3. The SMILES string of the molecule is CC(C)C[C@@H](NC(=O)c1csc(-c2ccc3c(c2)OCCO3)n1)C(=O)O. The average molecular weight is 376 g/mol. The maximum Gasteiger partial charge on any atom is 0.326 e. The van der Waals surface area contributed by atoms with Crippen molar-refractivity contribution in [3.05, 3.63) is 29.3 Å². The fraction of sp³-hybridized carbons (Fsp3) is 0.389. The van der Waals surface area contributed by atoms with Gasteiger partial charge in [0.05, 0.1) is 0 Å². The molecule has 138 valence electrons. The summed E-state index contributed by atoms with van der Waals surface area (Å²) in [6.45, 7) is 4.83. The largest absolute Gasteiger partial charge is 0.486 e. The molecule has 0 unspecified atom stereocenters. The quantitative estimate of drug-likeness (QED) is 0.805. The highest BCUT2D eigenvalue weighted by molar-refractivity contribution is 7.13. The van der Waals surface area contributed by atoms with Crippen LogP contribution in [-0.4, -0.2) is 41.2 Å². The normalized spacial score (nSPS) is 14.1. The number of aliphatic carboxylic acids is 1. The molecule has 0 saturated heterocycles. The van der Waals surface area contributed by atoms with Crippen LogP contribution in [0.4, 0.5) is 0 Å². The van der Waals surface area contributed by atoms with Crippen LogP contribution in [0.15, 0.2) is 23.6 Å². The number of carboxylic acids is 1. The van der Waals surface area contributed by atoms with E-state index in [1.165, 1.54) is 11.3 Å². The molecule has 1 amide bonds. The first-order valence-corrected chi connectivity index (χ1v) is 9.21. The fourth-order valence-corrected chi connectivity index (χ4v) is 3.41. The van der Waals surface area contributed by atoms with E-state index in [2.05, 4.69) is 10.3 Å². The molecule has 2 aromatic rings. The van der Waals surface area contributed by atoms with Gasteiger partial charge in [0.1, 0.15) is 30.0 Å². The molecule has 0 saturated carbocycles. The van der Waals surface area contributed by atoms with E-state index < -0.39 is 17.9 Å². The predicted octanol–water partition coefficient (Wildman–Crippen LogP) is 2.81. The van der Waals surface area contributed by atoms with Gasteiger partial charge in [-0.25, -0.2) is 9.78 Å². The zero-order chi connectivity index (χ0) is 18.7. The second kappa shape index (κ2) is 7.74. The lowest BCUT2D eigenvalue weighted by molar-refractivity contribution is -0.139. The van der Waals surface area contributed by atoms with E-state index in [1.807, 2.05) is 32.0 Å². The van der Waals surface area contributed by atoms with Gasteiger partial charge in [0.15, 0.2) is 11.5 Å². The van der Waals surface area contributed by atoms with Crippen molar-refractivity contribution in [2.24, 2.45) is 5.92 Å². The highest BCUT2D eigenvalue weighted by Crippen LogP contribution is 2.35. The summed E-state index contributed by atoms with van der Waals surface area (Å²) in [6, 6.07) is 4.57. The van der Waals surface area contributed by atoms with Crippen LogP contribution >= 0.6 is 11.3 Å². The lowest BCUT2D eigenvalue weighted by Gasteiger charge is -2.18. The van der Waals surface area contributed by atoms with Gasteiger partial charge in [-0.05, 0) is 30.5 Å². The van der Waals surface area contributed by atoms with Crippen LogP contribution in [0.3, 0.4) is 0 Å². The average Bonchev–Trinajstić information content (AvgIpc) is 3.10. The molecule has 1 aromatic heterocycles. The molecule has 1 aliphatic heterocycles. The minimum atomic E-state index is -1.05. The highest BCUT2D eigenvalue weighted by Gasteiger charge is 2.23. The van der Waals surface area contributed by atoms with Gasteiger partial charge >= 0.3 is 5.97 Å². The number of carbonyl (C=O) groups excluding carboxylic acids is 1. The third kappa shape index (κ3) is 4.13. The standard InChI is InChI=1S/C18H20N2O5S/c1-10(2)7-12(18(22)23)19-16(21)13-9-26-17(20-13)11-3-4-14-15(8-11)25-6-5-24-14/h3-4,8-10,12H,5-7H2,1-2H3,(H,19,21)(H,22,23)/t12-/m1/s1. The Balaban J connectivity index is 1.74. The fourth-order valence-electron chi connectivity index (χ4n) is 2.61. The predicted molar refractivity (Wildman–Crippen MR) is 96.9 cm³/mol. The van der Waals surface area contributed by atoms with Crippen molar-refractivity contribution in [1.29, 1.82) is 0 Å². The summed E-state index contributed by atoms with van der Waals surface area (Å²) in [4.78, 5) is 28.0. The summed E-state index contributed by atoms with van der Waals surface area (Å²) < 4.78 is 11.1. The minimum Gasteiger partial charge on any atom is -0.486 e. The molecule has 1 aromatic carbocycles. The first-order valence-electron chi connectivity index (χ1n) is 8.33. The first kappa shape index (κ1) is 18.2. The number of amides is 1. The number of ether oxygens (including phenoxy) is 2. The number of nitrogens with zero attached hydrogens (tertiary/aromatic N) is 1. The topological polar surface area (TPSA) is 97.8 Å². The molecule has 3 rings (SSSR count). The third-order valence-electron chi connectivity index (χ3n) is 3.84. The Bertz CT molecular complexity index is 818. The van der Waals surface area contributed by atoms with E-state index in [-0.39, 0.29) is 11.6 Å². The molecule has 1 atom stereocenters. The van der Waals surface area contributed by atoms with Crippen molar-refractivity contribution < 1.29 is 24.2 Å². The molecule has 0 aliphatic carbocycles. The van der Waals surface area contributed by atoms with E-state index >= 15 is 0 Å². The van der Waals surface area contributed by atoms with Crippen LogP contribution in [-0.2, 0) is 4.79 Å². The monoisotopic (exact) mass is 376 g/mol. The summed E-state index contributed by atoms with van der Waals surface area (Å²) in [5.74, 6) is -0.0436. The molecule has 0 radical (unpaired) electrons. The molecule has 0 bridgehead atoms. The first-order chi connectivity index (χ1) is 12.4. The lowest BCUT2D eigenvalue weighted by atomic mass is 10.0. The van der Waals surface area contributed by atoms with Crippen molar-refractivity contribution >= 4 is 23.2 Å². The van der Waals surface area contributed by atoms with Gasteiger partial charge in [-0.3, -0.25) is 4.79 Å². The van der Waals surface area contributed by atoms with E-state index in [1.54, 1.807) is 5.38 Å². The molecular weight excluding hydrogens is 356 g/mol. The lowest BCUT2D eigenvalue weighted by Crippen LogP contribution is -2.41. The van der Waals surface area contributed by atoms with Crippen LogP contribution in [0.1, 0.15) is 30.8 Å². The second-order valence-corrected chi connectivity index (χ2v) is 7.25. The van der Waals surface area contributed by atoms with Crippen molar-refractivity contribution in [2.45, 2.75) is 26.3 Å². The number of benzene rings is 1. The zero-order valence-electron chi connectivity index (χ0n) is 14.5. The van der Waals surface area contributed by atoms with Gasteiger partial charge in [-0.15, -0.1) is 11.3 Å². The number of nitrogens with one attached hydrogen (secondary N) is 1. The third-order valence-corrected chi connectivity index (χ3v) is 4.73. The summed E-state index contributed by atoms with van der Waals surface area (Å²) in [6.07, 6.45) is 0.361. The number of thiazole rings is 1. The number of fused-ring (bicyclic) bond motifs is 1. The van der Waals surface area contributed by atoms with Gasteiger partial charge in [0.2, 0.25) is 0 Å². The van der Waals surface area contributed by atoms with Gasteiger partial charge < -0.3 is 19.9 Å². The molecule has 8 heteroatoms. The molecule has 7 nitrogen and oxygen atoms in total. The van der Waals surface area contributed by atoms with Crippen molar-refractivity contribution in [3.8, 4) is 22.1 Å². The minimum absolute atomic E-state index is 0.153. The maximum atomic E-state index is 12.3. The van der Waals surface area contributed by atoms with Crippen LogP contribution in [0.25, 0.3) is 10.6 Å².